The summed E-state index contributed by atoms with van der Waals surface area (Å²) in [5.41, 5.74) is 0. The van der Waals surface area contributed by atoms with Gasteiger partial charge in [-0.15, -0.1) is 0 Å². The molecule has 0 fully saturated rings. The van der Waals surface area contributed by atoms with Crippen LogP contribution in [0.4, 0.5) is 0 Å². The molecule has 3 N–H and O–H groups in total. The Labute approximate surface area is 45.3 Å². The van der Waals surface area contributed by atoms with Gasteiger partial charge in [-0.05, 0) is 7.05 Å². The van der Waals surface area contributed by atoms with Gasteiger partial charge < -0.3 is 9.79 Å². The molecule has 0 bridgehead atoms. The zero-order valence-electron chi connectivity index (χ0n) is 4.84. The molecule has 0 aromatic heterocycles. The van der Waals surface area contributed by atoms with Gasteiger partial charge in [0.2, 0.25) is 8.53 Å². The van der Waals surface area contributed by atoms with E-state index >= 15 is 0 Å². The summed E-state index contributed by atoms with van der Waals surface area (Å²) in [5, 5.41) is 2.20. The lowest BCUT2D eigenvalue weighted by molar-refractivity contribution is 0.472. The van der Waals surface area contributed by atoms with Gasteiger partial charge in [-0.3, -0.25) is 5.09 Å². The molecule has 4 heteroatoms. The van der Waals surface area contributed by atoms with E-state index in [1.807, 2.05) is 13.8 Å². The van der Waals surface area contributed by atoms with E-state index in [0.29, 0.717) is 0 Å². The average molecular weight is 125 g/mol. The fourth-order valence-electron chi connectivity index (χ4n) is 0. The number of nitrogens with one attached hydrogen (secondary N) is 1. The standard InChI is InChI=1S/C2H6.CH6NO2P/c1-2;1-2-5(3)4/h1-2H3;2-4H,1H3. The maximum Gasteiger partial charge on any atom is 0.249 e. The first-order valence-corrected chi connectivity index (χ1v) is 3.37. The van der Waals surface area contributed by atoms with Crippen molar-refractivity contribution in [3.63, 3.8) is 0 Å². The molecular formula is C3H12NO2P. The summed E-state index contributed by atoms with van der Waals surface area (Å²) in [4.78, 5) is 15.7. The summed E-state index contributed by atoms with van der Waals surface area (Å²) >= 11 is 0. The summed E-state index contributed by atoms with van der Waals surface area (Å²) in [6.07, 6.45) is 0. The molecule has 0 unspecified atom stereocenters. The monoisotopic (exact) mass is 125 g/mol. The Morgan fingerprint density at radius 1 is 1.29 bits per heavy atom. The van der Waals surface area contributed by atoms with Crippen molar-refractivity contribution in [1.82, 2.24) is 5.09 Å². The van der Waals surface area contributed by atoms with Crippen LogP contribution in [-0.2, 0) is 0 Å². The van der Waals surface area contributed by atoms with Crippen molar-refractivity contribution in [2.24, 2.45) is 0 Å². The Morgan fingerprint density at radius 2 is 1.43 bits per heavy atom. The topological polar surface area (TPSA) is 52.5 Å². The van der Waals surface area contributed by atoms with E-state index in [9.17, 15) is 0 Å². The van der Waals surface area contributed by atoms with Crippen molar-refractivity contribution >= 4 is 8.53 Å². The van der Waals surface area contributed by atoms with Crippen molar-refractivity contribution in [2.45, 2.75) is 13.8 Å². The number of hydrogen-bond donors (Lipinski definition) is 3. The normalized spacial score (nSPS) is 7.71. The molecule has 0 aliphatic carbocycles. The fourth-order valence-corrected chi connectivity index (χ4v) is 0. The van der Waals surface area contributed by atoms with Crippen LogP contribution in [0, 0.1) is 0 Å². The molecule has 46 valence electrons. The molecule has 7 heavy (non-hydrogen) atoms. The second-order valence-corrected chi connectivity index (χ2v) is 1.54. The molecule has 0 aliphatic rings. The third-order valence-corrected chi connectivity index (χ3v) is 0.600. The summed E-state index contributed by atoms with van der Waals surface area (Å²) in [6.45, 7) is 4.00. The van der Waals surface area contributed by atoms with Gasteiger partial charge in [-0.2, -0.15) is 0 Å². The van der Waals surface area contributed by atoms with E-state index in [4.69, 9.17) is 9.79 Å². The van der Waals surface area contributed by atoms with Crippen molar-refractivity contribution in [3.05, 3.63) is 0 Å². The smallest absolute Gasteiger partial charge is 0.249 e. The lowest BCUT2D eigenvalue weighted by Gasteiger charge is -1.91. The second kappa shape index (κ2) is 9.58. The molecule has 0 heterocycles. The first-order valence-electron chi connectivity index (χ1n) is 2.12. The lowest BCUT2D eigenvalue weighted by atomic mass is 11.0. The average Bonchev–Trinajstić information content (AvgIpc) is 1.73. The number of hydrogen-bond acceptors (Lipinski definition) is 3. The first kappa shape index (κ1) is 10.3. The Balaban J connectivity index is 0. The van der Waals surface area contributed by atoms with Gasteiger partial charge in [0.1, 0.15) is 0 Å². The highest BCUT2D eigenvalue weighted by Gasteiger charge is 1.83. The Morgan fingerprint density at radius 3 is 1.43 bits per heavy atom. The SMILES string of the molecule is CC.CNP(O)O. The van der Waals surface area contributed by atoms with Gasteiger partial charge in [-0.1, -0.05) is 13.8 Å². The van der Waals surface area contributed by atoms with Crippen LogP contribution in [0.2, 0.25) is 0 Å². The van der Waals surface area contributed by atoms with E-state index in [1.54, 1.807) is 0 Å². The molecule has 0 atom stereocenters. The van der Waals surface area contributed by atoms with Crippen LogP contribution in [0.15, 0.2) is 0 Å². The highest BCUT2D eigenvalue weighted by molar-refractivity contribution is 7.42. The van der Waals surface area contributed by atoms with E-state index in [2.05, 4.69) is 5.09 Å². The molecule has 0 aromatic carbocycles. The van der Waals surface area contributed by atoms with Crippen LogP contribution >= 0.6 is 8.53 Å². The molecular weight excluding hydrogens is 113 g/mol. The molecule has 0 radical (unpaired) electrons. The molecule has 3 nitrogen and oxygen atoms in total. The Kier molecular flexibility index (Phi) is 14.1. The minimum Gasteiger partial charge on any atom is -0.338 e. The van der Waals surface area contributed by atoms with Crippen LogP contribution in [0.5, 0.6) is 0 Å². The van der Waals surface area contributed by atoms with E-state index in [1.165, 1.54) is 7.05 Å². The molecule has 0 aliphatic heterocycles. The van der Waals surface area contributed by atoms with Crippen molar-refractivity contribution in [1.29, 1.82) is 0 Å². The first-order chi connectivity index (χ1) is 3.27. The highest BCUT2D eigenvalue weighted by Crippen LogP contribution is 2.11. The summed E-state index contributed by atoms with van der Waals surface area (Å²) < 4.78 is 0. The van der Waals surface area contributed by atoms with Crippen LogP contribution < -0.4 is 5.09 Å². The predicted molar refractivity (Wildman–Crippen MR) is 31.8 cm³/mol. The van der Waals surface area contributed by atoms with Gasteiger partial charge in [0, 0.05) is 0 Å². The van der Waals surface area contributed by atoms with Gasteiger partial charge in [0.25, 0.3) is 0 Å². The zero-order chi connectivity index (χ0) is 6.28. The van der Waals surface area contributed by atoms with E-state index in [0.717, 1.165) is 0 Å². The Hall–Kier alpha value is 0.310. The molecule has 0 saturated carbocycles. The maximum absolute atomic E-state index is 7.87. The van der Waals surface area contributed by atoms with Crippen molar-refractivity contribution < 1.29 is 9.79 Å². The van der Waals surface area contributed by atoms with Crippen LogP contribution in [0.1, 0.15) is 13.8 Å². The van der Waals surface area contributed by atoms with Crippen LogP contribution in [0.25, 0.3) is 0 Å². The fraction of sp³-hybridized carbons (Fsp3) is 1.00. The minimum atomic E-state index is -1.85. The van der Waals surface area contributed by atoms with Crippen molar-refractivity contribution in [2.75, 3.05) is 7.05 Å². The summed E-state index contributed by atoms with van der Waals surface area (Å²) in [6, 6.07) is 0. The molecule has 0 saturated heterocycles. The molecule has 0 spiro atoms. The third kappa shape index (κ3) is 22.0. The van der Waals surface area contributed by atoms with Crippen LogP contribution in [0.3, 0.4) is 0 Å². The lowest BCUT2D eigenvalue weighted by Crippen LogP contribution is -1.93. The molecule has 0 aromatic rings. The number of rotatable bonds is 1. The molecule has 0 amide bonds. The third-order valence-electron chi connectivity index (χ3n) is 0.200. The highest BCUT2D eigenvalue weighted by atomic mass is 31.2. The molecule has 0 rings (SSSR count). The second-order valence-electron chi connectivity index (χ2n) is 0.513. The maximum atomic E-state index is 7.87. The Bertz CT molecular complexity index is 26.9. The minimum absolute atomic E-state index is 1.48. The van der Waals surface area contributed by atoms with Gasteiger partial charge in [0.05, 0.1) is 0 Å². The van der Waals surface area contributed by atoms with Gasteiger partial charge >= 0.3 is 0 Å². The largest absolute Gasteiger partial charge is 0.338 e. The van der Waals surface area contributed by atoms with Crippen LogP contribution in [-0.4, -0.2) is 16.8 Å². The van der Waals surface area contributed by atoms with Crippen molar-refractivity contribution in [3.8, 4) is 0 Å². The summed E-state index contributed by atoms with van der Waals surface area (Å²) in [7, 11) is -0.370. The predicted octanol–water partition coefficient (Wildman–Crippen LogP) is 0.443. The zero-order valence-corrected chi connectivity index (χ0v) is 5.74. The van der Waals surface area contributed by atoms with Gasteiger partial charge in [0.15, 0.2) is 0 Å². The van der Waals surface area contributed by atoms with Gasteiger partial charge in [-0.25, -0.2) is 0 Å². The van der Waals surface area contributed by atoms with E-state index in [-0.39, 0.29) is 0 Å². The van der Waals surface area contributed by atoms with E-state index < -0.39 is 8.53 Å². The summed E-state index contributed by atoms with van der Waals surface area (Å²) in [5.74, 6) is 0. The quantitative estimate of drug-likeness (QED) is 0.446.